The second-order valence-corrected chi connectivity index (χ2v) is 5.19. The standard InChI is InChI=1S/C11H16N2O4S/c1-17-8-7-12-9-11(14)13-18(15,16)10-5-3-2-4-6-10/h2-6,12H,7-9H2,1H3,(H,13,14). The highest BCUT2D eigenvalue weighted by Crippen LogP contribution is 2.06. The SMILES string of the molecule is COCCNCC(=O)NS(=O)(=O)c1ccccc1. The number of hydrogen-bond acceptors (Lipinski definition) is 5. The van der Waals surface area contributed by atoms with Gasteiger partial charge in [0.25, 0.3) is 10.0 Å². The van der Waals surface area contributed by atoms with Crippen LogP contribution in [0.15, 0.2) is 35.2 Å². The van der Waals surface area contributed by atoms with Crippen LogP contribution in [0.1, 0.15) is 0 Å². The lowest BCUT2D eigenvalue weighted by Crippen LogP contribution is -2.38. The lowest BCUT2D eigenvalue weighted by molar-refractivity contribution is -0.118. The average molecular weight is 272 g/mol. The minimum atomic E-state index is -3.77. The molecule has 18 heavy (non-hydrogen) atoms. The smallest absolute Gasteiger partial charge is 0.264 e. The van der Waals surface area contributed by atoms with Crippen LogP contribution >= 0.6 is 0 Å². The summed E-state index contributed by atoms with van der Waals surface area (Å²) in [5, 5.41) is 2.76. The predicted molar refractivity (Wildman–Crippen MR) is 66.5 cm³/mol. The molecule has 0 radical (unpaired) electrons. The number of rotatable bonds is 7. The van der Waals surface area contributed by atoms with Crippen molar-refractivity contribution in [2.75, 3.05) is 26.8 Å². The summed E-state index contributed by atoms with van der Waals surface area (Å²) >= 11 is 0. The zero-order valence-corrected chi connectivity index (χ0v) is 10.9. The van der Waals surface area contributed by atoms with E-state index < -0.39 is 15.9 Å². The Balaban J connectivity index is 2.49. The Kier molecular flexibility index (Phi) is 5.76. The monoisotopic (exact) mass is 272 g/mol. The molecule has 0 atom stereocenters. The fraction of sp³-hybridized carbons (Fsp3) is 0.364. The Morgan fingerprint density at radius 2 is 1.94 bits per heavy atom. The van der Waals surface area contributed by atoms with Gasteiger partial charge >= 0.3 is 0 Å². The van der Waals surface area contributed by atoms with Crippen LogP contribution in [0.2, 0.25) is 0 Å². The van der Waals surface area contributed by atoms with Crippen molar-refractivity contribution in [3.8, 4) is 0 Å². The van der Waals surface area contributed by atoms with E-state index in [0.29, 0.717) is 13.2 Å². The van der Waals surface area contributed by atoms with Gasteiger partial charge in [0.05, 0.1) is 18.0 Å². The Hall–Kier alpha value is -1.44. The maximum atomic E-state index is 11.7. The third-order valence-corrected chi connectivity index (χ3v) is 3.46. The van der Waals surface area contributed by atoms with Gasteiger partial charge in [-0.05, 0) is 12.1 Å². The fourth-order valence-electron chi connectivity index (χ4n) is 1.22. The van der Waals surface area contributed by atoms with Gasteiger partial charge in [-0.1, -0.05) is 18.2 Å². The predicted octanol–water partition coefficient (Wildman–Crippen LogP) is -0.272. The zero-order valence-electron chi connectivity index (χ0n) is 10.0. The van der Waals surface area contributed by atoms with Crippen molar-refractivity contribution >= 4 is 15.9 Å². The molecule has 2 N–H and O–H groups in total. The normalized spacial score (nSPS) is 11.2. The summed E-state index contributed by atoms with van der Waals surface area (Å²) in [7, 11) is -2.23. The number of ether oxygens (including phenoxy) is 1. The number of carbonyl (C=O) groups excluding carboxylic acids is 1. The number of methoxy groups -OCH3 is 1. The minimum Gasteiger partial charge on any atom is -0.383 e. The van der Waals surface area contributed by atoms with Crippen LogP contribution < -0.4 is 10.0 Å². The van der Waals surface area contributed by atoms with E-state index in [9.17, 15) is 13.2 Å². The van der Waals surface area contributed by atoms with Crippen LogP contribution in [0.5, 0.6) is 0 Å². The molecule has 0 saturated carbocycles. The summed E-state index contributed by atoms with van der Waals surface area (Å²) in [5.41, 5.74) is 0. The topological polar surface area (TPSA) is 84.5 Å². The van der Waals surface area contributed by atoms with Gasteiger partial charge in [-0.25, -0.2) is 13.1 Å². The summed E-state index contributed by atoms with van der Waals surface area (Å²) in [5.74, 6) is -0.602. The molecule has 0 fully saturated rings. The van der Waals surface area contributed by atoms with Crippen molar-refractivity contribution in [3.05, 3.63) is 30.3 Å². The third-order valence-electron chi connectivity index (χ3n) is 2.07. The van der Waals surface area contributed by atoms with Crippen molar-refractivity contribution in [2.24, 2.45) is 0 Å². The quantitative estimate of drug-likeness (QED) is 0.667. The minimum absolute atomic E-state index is 0.0650. The van der Waals surface area contributed by atoms with E-state index in [0.717, 1.165) is 0 Å². The van der Waals surface area contributed by atoms with Crippen molar-refractivity contribution in [1.29, 1.82) is 0 Å². The number of hydrogen-bond donors (Lipinski definition) is 2. The van der Waals surface area contributed by atoms with Crippen LogP contribution in [0.4, 0.5) is 0 Å². The molecule has 0 heterocycles. The van der Waals surface area contributed by atoms with Gasteiger partial charge in [0.2, 0.25) is 5.91 Å². The molecule has 0 aliphatic heterocycles. The molecular formula is C11H16N2O4S. The molecule has 0 unspecified atom stereocenters. The average Bonchev–Trinajstić information content (AvgIpc) is 2.35. The van der Waals surface area contributed by atoms with Gasteiger partial charge in [0.15, 0.2) is 0 Å². The first kappa shape index (κ1) is 14.6. The first-order valence-electron chi connectivity index (χ1n) is 5.36. The number of nitrogens with one attached hydrogen (secondary N) is 2. The lowest BCUT2D eigenvalue weighted by Gasteiger charge is -2.07. The number of carbonyl (C=O) groups is 1. The second kappa shape index (κ2) is 7.10. The van der Waals surface area contributed by atoms with Crippen molar-refractivity contribution < 1.29 is 17.9 Å². The van der Waals surface area contributed by atoms with Gasteiger partial charge in [-0.2, -0.15) is 0 Å². The number of sulfonamides is 1. The van der Waals surface area contributed by atoms with E-state index in [1.54, 1.807) is 25.3 Å². The zero-order chi connectivity index (χ0) is 13.4. The summed E-state index contributed by atoms with van der Waals surface area (Å²) < 4.78 is 30.3. The van der Waals surface area contributed by atoms with Gasteiger partial charge < -0.3 is 10.1 Å². The highest BCUT2D eigenvalue weighted by Gasteiger charge is 2.16. The van der Waals surface area contributed by atoms with E-state index in [1.807, 2.05) is 4.72 Å². The molecule has 6 nitrogen and oxygen atoms in total. The molecule has 1 amide bonds. The molecule has 7 heteroatoms. The van der Waals surface area contributed by atoms with E-state index in [1.165, 1.54) is 12.1 Å². The first-order chi connectivity index (χ1) is 8.56. The molecule has 0 aromatic heterocycles. The molecule has 0 spiro atoms. The largest absolute Gasteiger partial charge is 0.383 e. The van der Waals surface area contributed by atoms with Crippen molar-refractivity contribution in [3.63, 3.8) is 0 Å². The van der Waals surface area contributed by atoms with E-state index >= 15 is 0 Å². The molecule has 1 aromatic carbocycles. The van der Waals surface area contributed by atoms with E-state index in [4.69, 9.17) is 4.74 Å². The fourth-order valence-corrected chi connectivity index (χ4v) is 2.23. The van der Waals surface area contributed by atoms with Crippen molar-refractivity contribution in [2.45, 2.75) is 4.90 Å². The van der Waals surface area contributed by atoms with Crippen LogP contribution in [0.25, 0.3) is 0 Å². The lowest BCUT2D eigenvalue weighted by atomic mass is 10.4. The highest BCUT2D eigenvalue weighted by atomic mass is 32.2. The maximum Gasteiger partial charge on any atom is 0.264 e. The Morgan fingerprint density at radius 3 is 2.56 bits per heavy atom. The molecule has 1 rings (SSSR count). The molecule has 0 bridgehead atoms. The second-order valence-electron chi connectivity index (χ2n) is 3.51. The van der Waals surface area contributed by atoms with E-state index in [2.05, 4.69) is 5.32 Å². The molecule has 0 aliphatic rings. The van der Waals surface area contributed by atoms with Gasteiger partial charge in [0, 0.05) is 13.7 Å². The van der Waals surface area contributed by atoms with E-state index in [-0.39, 0.29) is 11.4 Å². The Bertz CT molecular complexity index is 473. The summed E-state index contributed by atoms with van der Waals surface area (Å²) in [4.78, 5) is 11.5. The van der Waals surface area contributed by atoms with Gasteiger partial charge in [-0.15, -0.1) is 0 Å². The van der Waals surface area contributed by atoms with Crippen molar-refractivity contribution in [1.82, 2.24) is 10.0 Å². The van der Waals surface area contributed by atoms with Crippen LogP contribution in [0.3, 0.4) is 0 Å². The Labute approximate surface area is 106 Å². The van der Waals surface area contributed by atoms with Crippen LogP contribution in [-0.2, 0) is 19.6 Å². The first-order valence-corrected chi connectivity index (χ1v) is 6.85. The molecule has 100 valence electrons. The highest BCUT2D eigenvalue weighted by molar-refractivity contribution is 7.90. The van der Waals surface area contributed by atoms with Crippen LogP contribution in [0, 0.1) is 0 Å². The number of benzene rings is 1. The molecular weight excluding hydrogens is 256 g/mol. The third kappa shape index (κ3) is 4.82. The maximum absolute atomic E-state index is 11.7. The van der Waals surface area contributed by atoms with Gasteiger partial charge in [0.1, 0.15) is 0 Å². The Morgan fingerprint density at radius 1 is 1.28 bits per heavy atom. The summed E-state index contributed by atoms with van der Waals surface area (Å²) in [6.07, 6.45) is 0. The molecule has 0 saturated heterocycles. The molecule has 1 aromatic rings. The number of amides is 1. The summed E-state index contributed by atoms with van der Waals surface area (Å²) in [6, 6.07) is 7.74. The van der Waals surface area contributed by atoms with Gasteiger partial charge in [-0.3, -0.25) is 4.79 Å². The summed E-state index contributed by atoms with van der Waals surface area (Å²) in [6.45, 7) is 0.865. The molecule has 0 aliphatic carbocycles. The van der Waals surface area contributed by atoms with Crippen LogP contribution in [-0.4, -0.2) is 41.1 Å².